The Kier molecular flexibility index (Phi) is 3.25. The molecule has 0 spiro atoms. The monoisotopic (exact) mass is 296 g/mol. The highest BCUT2D eigenvalue weighted by molar-refractivity contribution is 5.97. The molecule has 2 amide bonds. The van der Waals surface area contributed by atoms with Crippen LogP contribution in [-0.4, -0.2) is 18.4 Å². The number of rotatable bonds is 3. The zero-order chi connectivity index (χ0) is 15.1. The summed E-state index contributed by atoms with van der Waals surface area (Å²) in [5.41, 5.74) is 1.67. The van der Waals surface area contributed by atoms with Crippen molar-refractivity contribution < 1.29 is 9.59 Å². The predicted octanol–water partition coefficient (Wildman–Crippen LogP) is 2.96. The van der Waals surface area contributed by atoms with E-state index in [1.165, 1.54) is 0 Å². The first kappa shape index (κ1) is 13.6. The third-order valence-electron chi connectivity index (χ3n) is 5.11. The molecule has 0 aromatic heterocycles. The van der Waals surface area contributed by atoms with Gasteiger partial charge in [-0.25, -0.2) is 0 Å². The third-order valence-corrected chi connectivity index (χ3v) is 5.11. The normalized spacial score (nSPS) is 29.4. The van der Waals surface area contributed by atoms with Crippen LogP contribution < -0.4 is 10.2 Å². The van der Waals surface area contributed by atoms with E-state index in [0.717, 1.165) is 37.2 Å². The summed E-state index contributed by atoms with van der Waals surface area (Å²) in [5, 5.41) is 3.04. The second-order valence-electron chi connectivity index (χ2n) is 6.58. The Morgan fingerprint density at radius 2 is 2.14 bits per heavy atom. The minimum absolute atomic E-state index is 0.104. The molecule has 22 heavy (non-hydrogen) atoms. The molecule has 2 aliphatic carbocycles. The summed E-state index contributed by atoms with van der Waals surface area (Å²) < 4.78 is 0. The van der Waals surface area contributed by atoms with Crippen molar-refractivity contribution in [3.05, 3.63) is 36.4 Å². The van der Waals surface area contributed by atoms with Crippen molar-refractivity contribution >= 4 is 23.2 Å². The predicted molar refractivity (Wildman–Crippen MR) is 85.5 cm³/mol. The lowest BCUT2D eigenvalue weighted by atomic mass is 9.93. The molecule has 3 unspecified atom stereocenters. The SMILES string of the molecule is O=C(Nc1cccc(N2CCCC2=O)c1)C1CC2C=CC1C2. The molecular weight excluding hydrogens is 276 g/mol. The quantitative estimate of drug-likeness (QED) is 0.872. The minimum atomic E-state index is 0.104. The van der Waals surface area contributed by atoms with Crippen molar-refractivity contribution in [2.45, 2.75) is 25.7 Å². The summed E-state index contributed by atoms with van der Waals surface area (Å²) in [6.45, 7) is 0.771. The molecule has 2 bridgehead atoms. The maximum Gasteiger partial charge on any atom is 0.228 e. The number of nitrogens with one attached hydrogen (secondary N) is 1. The summed E-state index contributed by atoms with van der Waals surface area (Å²) in [6.07, 6.45) is 8.06. The standard InChI is InChI=1S/C18H20N2O2/c21-17-5-2-8-20(17)15-4-1-3-14(11-15)19-18(22)16-10-12-6-7-13(16)9-12/h1,3-4,6-7,11-13,16H,2,5,8-10H2,(H,19,22). The number of hydrogen-bond acceptors (Lipinski definition) is 2. The number of allylic oxidation sites excluding steroid dienone is 2. The van der Waals surface area contributed by atoms with Crippen LogP contribution in [0.3, 0.4) is 0 Å². The molecule has 114 valence electrons. The van der Waals surface area contributed by atoms with Crippen LogP contribution in [-0.2, 0) is 9.59 Å². The van der Waals surface area contributed by atoms with Crippen LogP contribution in [0.4, 0.5) is 11.4 Å². The molecule has 1 aromatic carbocycles. The molecule has 0 radical (unpaired) electrons. The average molecular weight is 296 g/mol. The maximum absolute atomic E-state index is 12.5. The highest BCUT2D eigenvalue weighted by Crippen LogP contribution is 2.43. The van der Waals surface area contributed by atoms with Gasteiger partial charge in [-0.1, -0.05) is 18.2 Å². The molecule has 4 heteroatoms. The molecule has 1 aromatic rings. The number of anilines is 2. The lowest BCUT2D eigenvalue weighted by Gasteiger charge is -2.19. The average Bonchev–Trinajstić information content (AvgIpc) is 3.23. The smallest absolute Gasteiger partial charge is 0.228 e. The fourth-order valence-electron chi connectivity index (χ4n) is 3.99. The first-order valence-corrected chi connectivity index (χ1v) is 8.10. The van der Waals surface area contributed by atoms with Crippen LogP contribution in [0.1, 0.15) is 25.7 Å². The third kappa shape index (κ3) is 2.32. The number of amides is 2. The van der Waals surface area contributed by atoms with Gasteiger partial charge in [0, 0.05) is 30.3 Å². The molecule has 1 heterocycles. The van der Waals surface area contributed by atoms with Crippen molar-refractivity contribution in [3.8, 4) is 0 Å². The Bertz CT molecular complexity index is 652. The molecule has 1 saturated carbocycles. The minimum Gasteiger partial charge on any atom is -0.326 e. The fraction of sp³-hybridized carbons (Fsp3) is 0.444. The van der Waals surface area contributed by atoms with Crippen LogP contribution in [0, 0.1) is 17.8 Å². The Labute approximate surface area is 130 Å². The zero-order valence-electron chi connectivity index (χ0n) is 12.5. The molecule has 1 N–H and O–H groups in total. The summed E-state index contributed by atoms with van der Waals surface area (Å²) in [6, 6.07) is 7.63. The van der Waals surface area contributed by atoms with Gasteiger partial charge in [-0.15, -0.1) is 0 Å². The fourth-order valence-corrected chi connectivity index (χ4v) is 3.99. The Hall–Kier alpha value is -2.10. The van der Waals surface area contributed by atoms with E-state index < -0.39 is 0 Å². The summed E-state index contributed by atoms with van der Waals surface area (Å²) in [7, 11) is 0. The van der Waals surface area contributed by atoms with Crippen LogP contribution in [0.25, 0.3) is 0 Å². The van der Waals surface area contributed by atoms with Gasteiger partial charge < -0.3 is 10.2 Å². The van der Waals surface area contributed by atoms with Gasteiger partial charge in [-0.2, -0.15) is 0 Å². The second-order valence-corrected chi connectivity index (χ2v) is 6.58. The van der Waals surface area contributed by atoms with Gasteiger partial charge >= 0.3 is 0 Å². The summed E-state index contributed by atoms with van der Waals surface area (Å²) in [5.74, 6) is 1.39. The molecule has 3 atom stereocenters. The Morgan fingerprint density at radius 3 is 2.82 bits per heavy atom. The largest absolute Gasteiger partial charge is 0.326 e. The van der Waals surface area contributed by atoms with Crippen LogP contribution in [0.15, 0.2) is 36.4 Å². The van der Waals surface area contributed by atoms with Gasteiger partial charge in [0.05, 0.1) is 0 Å². The van der Waals surface area contributed by atoms with Crippen molar-refractivity contribution in [3.63, 3.8) is 0 Å². The van der Waals surface area contributed by atoms with E-state index in [-0.39, 0.29) is 17.7 Å². The van der Waals surface area contributed by atoms with Gasteiger partial charge in [-0.3, -0.25) is 9.59 Å². The number of carbonyl (C=O) groups excluding carboxylic acids is 2. The zero-order valence-corrected chi connectivity index (χ0v) is 12.5. The van der Waals surface area contributed by atoms with E-state index >= 15 is 0 Å². The number of fused-ring (bicyclic) bond motifs is 2. The van der Waals surface area contributed by atoms with Gasteiger partial charge in [0.25, 0.3) is 0 Å². The highest BCUT2D eigenvalue weighted by atomic mass is 16.2. The first-order chi connectivity index (χ1) is 10.7. The van der Waals surface area contributed by atoms with E-state index in [0.29, 0.717) is 18.3 Å². The van der Waals surface area contributed by atoms with E-state index in [1.54, 1.807) is 4.90 Å². The maximum atomic E-state index is 12.5. The molecular formula is C18H20N2O2. The molecule has 3 aliphatic rings. The van der Waals surface area contributed by atoms with Gasteiger partial charge in [0.15, 0.2) is 0 Å². The van der Waals surface area contributed by atoms with Crippen LogP contribution >= 0.6 is 0 Å². The highest BCUT2D eigenvalue weighted by Gasteiger charge is 2.39. The van der Waals surface area contributed by atoms with E-state index in [4.69, 9.17) is 0 Å². The van der Waals surface area contributed by atoms with Crippen molar-refractivity contribution in [2.24, 2.45) is 17.8 Å². The molecule has 4 nitrogen and oxygen atoms in total. The summed E-state index contributed by atoms with van der Waals surface area (Å²) in [4.78, 5) is 26.1. The van der Waals surface area contributed by atoms with Crippen LogP contribution in [0.2, 0.25) is 0 Å². The molecule has 1 saturated heterocycles. The summed E-state index contributed by atoms with van der Waals surface area (Å²) >= 11 is 0. The number of carbonyl (C=O) groups is 2. The lowest BCUT2D eigenvalue weighted by Crippen LogP contribution is -2.26. The van der Waals surface area contributed by atoms with Crippen molar-refractivity contribution in [1.29, 1.82) is 0 Å². The van der Waals surface area contributed by atoms with Gasteiger partial charge in [0.2, 0.25) is 11.8 Å². The van der Waals surface area contributed by atoms with Crippen molar-refractivity contribution in [2.75, 3.05) is 16.8 Å². The molecule has 4 rings (SSSR count). The second kappa shape index (κ2) is 5.27. The Balaban J connectivity index is 1.48. The number of benzene rings is 1. The first-order valence-electron chi connectivity index (χ1n) is 8.10. The van der Waals surface area contributed by atoms with E-state index in [2.05, 4.69) is 17.5 Å². The Morgan fingerprint density at radius 1 is 1.23 bits per heavy atom. The van der Waals surface area contributed by atoms with Gasteiger partial charge in [-0.05, 0) is 49.3 Å². The lowest BCUT2D eigenvalue weighted by molar-refractivity contribution is -0.120. The van der Waals surface area contributed by atoms with Crippen LogP contribution in [0.5, 0.6) is 0 Å². The van der Waals surface area contributed by atoms with Crippen molar-refractivity contribution in [1.82, 2.24) is 0 Å². The van der Waals surface area contributed by atoms with E-state index in [1.807, 2.05) is 24.3 Å². The molecule has 2 fully saturated rings. The number of hydrogen-bond donors (Lipinski definition) is 1. The van der Waals surface area contributed by atoms with Gasteiger partial charge in [0.1, 0.15) is 0 Å². The molecule has 1 aliphatic heterocycles. The topological polar surface area (TPSA) is 49.4 Å². The van der Waals surface area contributed by atoms with E-state index in [9.17, 15) is 9.59 Å². The number of nitrogens with zero attached hydrogens (tertiary/aromatic N) is 1.